The Bertz CT molecular complexity index is 266. The fourth-order valence-corrected chi connectivity index (χ4v) is 1.29. The molecule has 0 saturated carbocycles. The third-order valence-electron chi connectivity index (χ3n) is 1.55. The van der Waals surface area contributed by atoms with E-state index in [0.717, 1.165) is 17.9 Å². The smallest absolute Gasteiger partial charge is 0.120 e. The van der Waals surface area contributed by atoms with Crippen LogP contribution in [0, 0.1) is 0 Å². The first kappa shape index (κ1) is 12.6. The second kappa shape index (κ2) is 6.08. The molecule has 0 aliphatic rings. The Kier molecular flexibility index (Phi) is 5.88. The highest BCUT2D eigenvalue weighted by Gasteiger charge is 1.97. The minimum absolute atomic E-state index is 0. The summed E-state index contributed by atoms with van der Waals surface area (Å²) < 4.78 is 5.07. The maximum atomic E-state index is 5.86. The van der Waals surface area contributed by atoms with Crippen molar-refractivity contribution in [2.24, 2.45) is 0 Å². The molecule has 0 aliphatic heterocycles. The third kappa shape index (κ3) is 3.85. The standard InChI is InChI=1S/C9H12ClNO.ClH/c1-11-6-7-3-8(10)5-9(4-7)12-2;/h3-5,11H,6H2,1-2H3;1H. The topological polar surface area (TPSA) is 21.3 Å². The summed E-state index contributed by atoms with van der Waals surface area (Å²) >= 11 is 5.86. The van der Waals surface area contributed by atoms with Gasteiger partial charge in [-0.05, 0) is 30.8 Å². The van der Waals surface area contributed by atoms with Gasteiger partial charge in [-0.25, -0.2) is 0 Å². The first-order chi connectivity index (χ1) is 5.76. The number of methoxy groups -OCH3 is 1. The lowest BCUT2D eigenvalue weighted by Crippen LogP contribution is -2.04. The maximum absolute atomic E-state index is 5.86. The molecule has 1 aromatic carbocycles. The highest BCUT2D eigenvalue weighted by molar-refractivity contribution is 6.30. The van der Waals surface area contributed by atoms with Crippen molar-refractivity contribution in [3.05, 3.63) is 28.8 Å². The zero-order valence-electron chi connectivity index (χ0n) is 7.63. The number of hydrogen-bond acceptors (Lipinski definition) is 2. The van der Waals surface area contributed by atoms with Crippen LogP contribution in [0.15, 0.2) is 18.2 Å². The Morgan fingerprint density at radius 3 is 2.62 bits per heavy atom. The number of benzene rings is 1. The zero-order chi connectivity index (χ0) is 8.97. The minimum Gasteiger partial charge on any atom is -0.497 e. The Morgan fingerprint density at radius 1 is 1.38 bits per heavy atom. The summed E-state index contributed by atoms with van der Waals surface area (Å²) in [5.41, 5.74) is 1.13. The first-order valence-corrected chi connectivity index (χ1v) is 4.12. The van der Waals surface area contributed by atoms with Crippen molar-refractivity contribution in [3.8, 4) is 5.75 Å². The molecule has 1 aromatic rings. The van der Waals surface area contributed by atoms with Crippen molar-refractivity contribution < 1.29 is 4.74 Å². The molecule has 0 aliphatic carbocycles. The van der Waals surface area contributed by atoms with Gasteiger partial charge in [-0.15, -0.1) is 12.4 Å². The van der Waals surface area contributed by atoms with Crippen LogP contribution in [0.3, 0.4) is 0 Å². The first-order valence-electron chi connectivity index (χ1n) is 3.74. The summed E-state index contributed by atoms with van der Waals surface area (Å²) in [7, 11) is 3.53. The fourth-order valence-electron chi connectivity index (χ4n) is 1.04. The predicted molar refractivity (Wildman–Crippen MR) is 58.0 cm³/mol. The van der Waals surface area contributed by atoms with Crippen molar-refractivity contribution in [1.82, 2.24) is 5.32 Å². The van der Waals surface area contributed by atoms with Gasteiger partial charge in [0.15, 0.2) is 0 Å². The van der Waals surface area contributed by atoms with Crippen LogP contribution in [0.2, 0.25) is 5.02 Å². The number of nitrogens with one attached hydrogen (secondary N) is 1. The summed E-state index contributed by atoms with van der Waals surface area (Å²) in [6, 6.07) is 5.67. The van der Waals surface area contributed by atoms with Crippen molar-refractivity contribution in [2.75, 3.05) is 14.2 Å². The Hall–Kier alpha value is -0.440. The van der Waals surface area contributed by atoms with E-state index in [1.54, 1.807) is 13.2 Å². The second-order valence-electron chi connectivity index (χ2n) is 2.53. The van der Waals surface area contributed by atoms with E-state index in [2.05, 4.69) is 5.32 Å². The van der Waals surface area contributed by atoms with Gasteiger partial charge >= 0.3 is 0 Å². The second-order valence-corrected chi connectivity index (χ2v) is 2.97. The van der Waals surface area contributed by atoms with Crippen LogP contribution < -0.4 is 10.1 Å². The van der Waals surface area contributed by atoms with E-state index in [1.165, 1.54) is 0 Å². The monoisotopic (exact) mass is 221 g/mol. The average molecular weight is 222 g/mol. The summed E-state index contributed by atoms with van der Waals surface area (Å²) in [4.78, 5) is 0. The lowest BCUT2D eigenvalue weighted by atomic mass is 10.2. The van der Waals surface area contributed by atoms with Gasteiger partial charge in [0, 0.05) is 11.6 Å². The molecule has 13 heavy (non-hydrogen) atoms. The van der Waals surface area contributed by atoms with Crippen molar-refractivity contribution >= 4 is 24.0 Å². The van der Waals surface area contributed by atoms with Gasteiger partial charge in [-0.2, -0.15) is 0 Å². The third-order valence-corrected chi connectivity index (χ3v) is 1.77. The summed E-state index contributed by atoms with van der Waals surface area (Å²) in [6.45, 7) is 0.803. The average Bonchev–Trinajstić information content (AvgIpc) is 2.04. The van der Waals surface area contributed by atoms with Crippen LogP contribution in [0.5, 0.6) is 5.75 Å². The Labute approximate surface area is 89.6 Å². The van der Waals surface area contributed by atoms with E-state index in [4.69, 9.17) is 16.3 Å². The summed E-state index contributed by atoms with van der Waals surface area (Å²) in [6.07, 6.45) is 0. The van der Waals surface area contributed by atoms with E-state index < -0.39 is 0 Å². The molecule has 0 bridgehead atoms. The molecule has 74 valence electrons. The van der Waals surface area contributed by atoms with E-state index in [0.29, 0.717) is 5.02 Å². The number of hydrogen-bond donors (Lipinski definition) is 1. The molecule has 0 atom stereocenters. The molecule has 0 fully saturated rings. The highest BCUT2D eigenvalue weighted by Crippen LogP contribution is 2.20. The molecule has 0 unspecified atom stereocenters. The Balaban J connectivity index is 0.00000144. The lowest BCUT2D eigenvalue weighted by molar-refractivity contribution is 0.414. The molecule has 0 amide bonds. The molecule has 0 spiro atoms. The predicted octanol–water partition coefficient (Wildman–Crippen LogP) is 2.49. The van der Waals surface area contributed by atoms with Gasteiger partial charge in [-0.3, -0.25) is 0 Å². The van der Waals surface area contributed by atoms with Gasteiger partial charge < -0.3 is 10.1 Å². The molecule has 0 saturated heterocycles. The van der Waals surface area contributed by atoms with E-state index in [-0.39, 0.29) is 12.4 Å². The SMILES string of the molecule is CNCc1cc(Cl)cc(OC)c1.Cl. The van der Waals surface area contributed by atoms with Crippen LogP contribution in [0.4, 0.5) is 0 Å². The molecule has 0 heterocycles. The van der Waals surface area contributed by atoms with Crippen LogP contribution in [-0.2, 0) is 6.54 Å². The normalized spacial score (nSPS) is 9.15. The largest absolute Gasteiger partial charge is 0.497 e. The maximum Gasteiger partial charge on any atom is 0.120 e. The molecule has 2 nitrogen and oxygen atoms in total. The van der Waals surface area contributed by atoms with Crippen LogP contribution in [0.1, 0.15) is 5.56 Å². The number of ether oxygens (including phenoxy) is 1. The molecular weight excluding hydrogens is 209 g/mol. The van der Waals surface area contributed by atoms with Gasteiger partial charge in [0.2, 0.25) is 0 Å². The van der Waals surface area contributed by atoms with Gasteiger partial charge in [0.25, 0.3) is 0 Å². The van der Waals surface area contributed by atoms with E-state index >= 15 is 0 Å². The zero-order valence-corrected chi connectivity index (χ0v) is 9.21. The number of halogens is 2. The molecular formula is C9H13Cl2NO. The van der Waals surface area contributed by atoms with Gasteiger partial charge in [0.05, 0.1) is 7.11 Å². The fraction of sp³-hybridized carbons (Fsp3) is 0.333. The molecule has 1 rings (SSSR count). The van der Waals surface area contributed by atoms with Crippen LogP contribution in [0.25, 0.3) is 0 Å². The molecule has 4 heteroatoms. The van der Waals surface area contributed by atoms with E-state index in [1.807, 2.05) is 19.2 Å². The summed E-state index contributed by atoms with van der Waals surface area (Å²) in [5.74, 6) is 0.799. The minimum atomic E-state index is 0. The van der Waals surface area contributed by atoms with Crippen LogP contribution >= 0.6 is 24.0 Å². The number of rotatable bonds is 3. The van der Waals surface area contributed by atoms with Crippen molar-refractivity contribution in [3.63, 3.8) is 0 Å². The van der Waals surface area contributed by atoms with Crippen LogP contribution in [-0.4, -0.2) is 14.2 Å². The van der Waals surface area contributed by atoms with Gasteiger partial charge in [0.1, 0.15) is 5.75 Å². The molecule has 0 aromatic heterocycles. The van der Waals surface area contributed by atoms with E-state index in [9.17, 15) is 0 Å². The summed E-state index contributed by atoms with van der Waals surface area (Å²) in [5, 5.41) is 3.76. The highest BCUT2D eigenvalue weighted by atomic mass is 35.5. The Morgan fingerprint density at radius 2 is 2.08 bits per heavy atom. The lowest BCUT2D eigenvalue weighted by Gasteiger charge is -2.04. The van der Waals surface area contributed by atoms with Gasteiger partial charge in [-0.1, -0.05) is 11.6 Å². The van der Waals surface area contributed by atoms with Crippen molar-refractivity contribution in [1.29, 1.82) is 0 Å². The quantitative estimate of drug-likeness (QED) is 0.848. The molecule has 0 radical (unpaired) electrons. The molecule has 1 N–H and O–H groups in total. The van der Waals surface area contributed by atoms with Crippen molar-refractivity contribution in [2.45, 2.75) is 6.54 Å².